The predicted molar refractivity (Wildman–Crippen MR) is 144 cm³/mol. The van der Waals surface area contributed by atoms with E-state index in [1.807, 2.05) is 4.72 Å². The molecule has 1 aromatic heterocycles. The Labute approximate surface area is 239 Å². The predicted octanol–water partition coefficient (Wildman–Crippen LogP) is 2.71. The van der Waals surface area contributed by atoms with Gasteiger partial charge in [0.05, 0.1) is 21.6 Å². The molecule has 2 amide bonds. The zero-order valence-corrected chi connectivity index (χ0v) is 23.9. The molecule has 0 aliphatic carbocycles. The molecule has 1 atom stereocenters. The van der Waals surface area contributed by atoms with E-state index in [-0.39, 0.29) is 37.6 Å². The quantitative estimate of drug-likeness (QED) is 0.346. The molecule has 18 heteroatoms. The molecule has 0 spiro atoms. The molecule has 41 heavy (non-hydrogen) atoms. The van der Waals surface area contributed by atoms with Gasteiger partial charge in [-0.05, 0) is 26.0 Å². The molecular weight excluding hydrogens is 618 g/mol. The first kappa shape index (κ1) is 32.1. The minimum atomic E-state index is -5.03. The zero-order valence-electron chi connectivity index (χ0n) is 21.5. The molecule has 0 bridgehead atoms. The van der Waals surface area contributed by atoms with E-state index < -0.39 is 73.4 Å². The van der Waals surface area contributed by atoms with Crippen LogP contribution in [-0.4, -0.2) is 56.5 Å². The molecule has 1 fully saturated rings. The molecule has 2 aromatic rings. The SMILES string of the molecule is C=CCN1C(=O)C(CC(=O)NS(=O)(=O)C(C)C)S/C1=N\c1cc(-n2c(=O)cc(C(F)(F)F)n(C)c2=O)c(F)cc1Cl. The summed E-state index contributed by atoms with van der Waals surface area (Å²) >= 11 is 6.88. The second kappa shape index (κ2) is 11.8. The standard InChI is InChI=1S/C23H22ClF4N5O6S2/c1-5-6-32-20(36)16(9-18(34)30-41(38,39)11(2)3)40-21(32)29-14-8-15(13(25)7-12(14)24)33-19(35)10-17(23(26,27)28)31(4)22(33)37/h5,7-8,10-11,16H,1,6,9H2,2-4H3,(H,30,34)/b29-21-. The number of amidine groups is 1. The Balaban J connectivity index is 2.06. The van der Waals surface area contributed by atoms with E-state index in [9.17, 15) is 45.2 Å². The van der Waals surface area contributed by atoms with Gasteiger partial charge in [0.25, 0.3) is 5.56 Å². The van der Waals surface area contributed by atoms with E-state index in [1.54, 1.807) is 0 Å². The molecule has 1 saturated heterocycles. The van der Waals surface area contributed by atoms with Crippen LogP contribution < -0.4 is 16.0 Å². The van der Waals surface area contributed by atoms with Crippen LogP contribution in [0.5, 0.6) is 0 Å². The number of amides is 2. The molecular formula is C23H22ClF4N5O6S2. The van der Waals surface area contributed by atoms with Gasteiger partial charge in [-0.2, -0.15) is 13.2 Å². The molecule has 3 rings (SSSR count). The second-order valence-electron chi connectivity index (χ2n) is 8.86. The van der Waals surface area contributed by atoms with Crippen molar-refractivity contribution < 1.29 is 35.6 Å². The van der Waals surface area contributed by atoms with E-state index >= 15 is 0 Å². The number of nitrogens with zero attached hydrogens (tertiary/aromatic N) is 4. The molecule has 2 heterocycles. The number of nitrogens with one attached hydrogen (secondary N) is 1. The molecule has 11 nitrogen and oxygen atoms in total. The highest BCUT2D eigenvalue weighted by Gasteiger charge is 2.39. The maximum Gasteiger partial charge on any atom is 0.431 e. The van der Waals surface area contributed by atoms with Gasteiger partial charge in [-0.15, -0.1) is 6.58 Å². The van der Waals surface area contributed by atoms with E-state index in [1.165, 1.54) is 19.9 Å². The van der Waals surface area contributed by atoms with Crippen LogP contribution in [0.2, 0.25) is 5.02 Å². The Morgan fingerprint density at radius 2 is 1.88 bits per heavy atom. The number of benzene rings is 1. The van der Waals surface area contributed by atoms with Gasteiger partial charge >= 0.3 is 11.9 Å². The molecule has 1 aromatic carbocycles. The highest BCUT2D eigenvalue weighted by atomic mass is 35.5. The lowest BCUT2D eigenvalue weighted by Gasteiger charge is -2.16. The van der Waals surface area contributed by atoms with E-state index in [0.717, 1.165) is 29.8 Å². The van der Waals surface area contributed by atoms with Crippen molar-refractivity contribution in [2.45, 2.75) is 36.9 Å². The maximum absolute atomic E-state index is 14.9. The maximum atomic E-state index is 14.9. The summed E-state index contributed by atoms with van der Waals surface area (Å²) in [5.41, 5.74) is -5.54. The Morgan fingerprint density at radius 3 is 2.44 bits per heavy atom. The summed E-state index contributed by atoms with van der Waals surface area (Å²) in [6, 6.07) is 1.65. The van der Waals surface area contributed by atoms with Crippen LogP contribution in [-0.2, 0) is 32.8 Å². The number of carbonyl (C=O) groups excluding carboxylic acids is 2. The van der Waals surface area contributed by atoms with Crippen molar-refractivity contribution in [3.8, 4) is 5.69 Å². The third kappa shape index (κ3) is 6.73. The number of hydrogen-bond donors (Lipinski definition) is 1. The molecule has 0 saturated carbocycles. The summed E-state index contributed by atoms with van der Waals surface area (Å²) in [4.78, 5) is 55.8. The van der Waals surface area contributed by atoms with Crippen molar-refractivity contribution in [3.63, 3.8) is 0 Å². The fraction of sp³-hybridized carbons (Fsp3) is 0.348. The Kier molecular flexibility index (Phi) is 9.24. The van der Waals surface area contributed by atoms with Crippen LogP contribution in [0.4, 0.5) is 23.2 Å². The smallest absolute Gasteiger partial charge is 0.292 e. The summed E-state index contributed by atoms with van der Waals surface area (Å²) in [7, 11) is -3.20. The van der Waals surface area contributed by atoms with E-state index in [4.69, 9.17) is 11.6 Å². The summed E-state index contributed by atoms with van der Waals surface area (Å²) in [6.45, 7) is 6.16. The first-order chi connectivity index (χ1) is 18.9. The molecule has 1 aliphatic rings. The number of thioether (sulfide) groups is 1. The minimum Gasteiger partial charge on any atom is -0.292 e. The first-order valence-corrected chi connectivity index (χ1v) is 14.3. The van der Waals surface area contributed by atoms with Crippen LogP contribution in [0.15, 0.2) is 45.4 Å². The van der Waals surface area contributed by atoms with Gasteiger partial charge in [-0.25, -0.2) is 27.2 Å². The summed E-state index contributed by atoms with van der Waals surface area (Å²) in [5.74, 6) is -2.79. The topological polar surface area (TPSA) is 140 Å². The summed E-state index contributed by atoms with van der Waals surface area (Å²) < 4.78 is 80.7. The average molecular weight is 640 g/mol. The number of alkyl halides is 3. The number of halogens is 5. The van der Waals surface area contributed by atoms with E-state index in [0.29, 0.717) is 6.07 Å². The van der Waals surface area contributed by atoms with Gasteiger partial charge in [0.2, 0.25) is 21.8 Å². The Hall–Kier alpha value is -3.44. The summed E-state index contributed by atoms with van der Waals surface area (Å²) in [5, 5.41) is -2.42. The van der Waals surface area contributed by atoms with Gasteiger partial charge in [-0.3, -0.25) is 28.6 Å². The number of hydrogen-bond acceptors (Lipinski definition) is 8. The van der Waals surface area contributed by atoms with E-state index in [2.05, 4.69) is 11.6 Å². The van der Waals surface area contributed by atoms with Gasteiger partial charge in [0.1, 0.15) is 16.8 Å². The van der Waals surface area contributed by atoms with Gasteiger partial charge < -0.3 is 0 Å². The largest absolute Gasteiger partial charge is 0.431 e. The molecule has 1 aliphatic heterocycles. The summed E-state index contributed by atoms with van der Waals surface area (Å²) in [6.07, 6.45) is -4.24. The van der Waals surface area contributed by atoms with Crippen LogP contribution >= 0.6 is 23.4 Å². The van der Waals surface area contributed by atoms with Crippen LogP contribution in [0.1, 0.15) is 26.0 Å². The van der Waals surface area contributed by atoms with Crippen molar-refractivity contribution in [2.75, 3.05) is 6.54 Å². The average Bonchev–Trinajstić information content (AvgIpc) is 3.12. The number of aromatic nitrogens is 2. The number of rotatable bonds is 8. The van der Waals surface area contributed by atoms with Crippen molar-refractivity contribution in [1.82, 2.24) is 18.8 Å². The molecule has 1 N–H and O–H groups in total. The van der Waals surface area contributed by atoms with Crippen LogP contribution in [0.3, 0.4) is 0 Å². The number of aliphatic imine (C=N–C) groups is 1. The second-order valence-corrected chi connectivity index (χ2v) is 12.7. The lowest BCUT2D eigenvalue weighted by atomic mass is 10.2. The molecule has 0 radical (unpaired) electrons. The van der Waals surface area contributed by atoms with Crippen molar-refractivity contribution in [2.24, 2.45) is 12.0 Å². The lowest BCUT2D eigenvalue weighted by molar-refractivity contribution is -0.144. The van der Waals surface area contributed by atoms with Crippen LogP contribution in [0.25, 0.3) is 5.69 Å². The van der Waals surface area contributed by atoms with Crippen molar-refractivity contribution in [3.05, 3.63) is 68.2 Å². The monoisotopic (exact) mass is 639 g/mol. The van der Waals surface area contributed by atoms with Gasteiger partial charge in [0.15, 0.2) is 5.17 Å². The van der Waals surface area contributed by atoms with Crippen molar-refractivity contribution in [1.29, 1.82) is 0 Å². The number of carbonyl (C=O) groups is 2. The van der Waals surface area contributed by atoms with Crippen LogP contribution in [0, 0.1) is 5.82 Å². The fourth-order valence-corrected chi connectivity index (χ4v) is 5.50. The fourth-order valence-electron chi connectivity index (χ4n) is 3.51. The highest BCUT2D eigenvalue weighted by molar-refractivity contribution is 8.15. The zero-order chi connectivity index (χ0) is 31.0. The Bertz CT molecular complexity index is 1680. The number of sulfonamides is 1. The highest BCUT2D eigenvalue weighted by Crippen LogP contribution is 2.35. The van der Waals surface area contributed by atoms with Crippen molar-refractivity contribution >= 4 is 56.1 Å². The van der Waals surface area contributed by atoms with Gasteiger partial charge in [-0.1, -0.05) is 29.4 Å². The third-order valence-corrected chi connectivity index (χ3v) is 8.89. The first-order valence-electron chi connectivity index (χ1n) is 11.5. The minimum absolute atomic E-state index is 0.0634. The Morgan fingerprint density at radius 1 is 1.24 bits per heavy atom. The van der Waals surface area contributed by atoms with Gasteiger partial charge in [0, 0.05) is 26.1 Å². The molecule has 222 valence electrons. The molecule has 1 unspecified atom stereocenters. The third-order valence-electron chi connectivity index (χ3n) is 5.66. The lowest BCUT2D eigenvalue weighted by Crippen LogP contribution is -2.41. The normalized spacial score (nSPS) is 17.0.